The van der Waals surface area contributed by atoms with Crippen LogP contribution in [0.3, 0.4) is 0 Å². The highest BCUT2D eigenvalue weighted by atomic mass is 16.5. The highest BCUT2D eigenvalue weighted by Gasteiger charge is 2.07. The number of allylic oxidation sites excluding steroid dienone is 1. The van der Waals surface area contributed by atoms with Gasteiger partial charge in [-0.25, -0.2) is 4.79 Å². The molecule has 0 aliphatic heterocycles. The molecule has 0 spiro atoms. The van der Waals surface area contributed by atoms with Crippen molar-refractivity contribution in [3.8, 4) is 0 Å². The monoisotopic (exact) mass is 204 g/mol. The van der Waals surface area contributed by atoms with Gasteiger partial charge in [-0.3, -0.25) is 0 Å². The normalized spacial score (nSPS) is 9.33. The molecule has 3 heteroatoms. The van der Waals surface area contributed by atoms with Crippen LogP contribution in [0.1, 0.15) is 23.2 Å². The molecule has 78 valence electrons. The summed E-state index contributed by atoms with van der Waals surface area (Å²) in [6.45, 7) is 3.56. The largest absolute Gasteiger partial charge is 0.428 e. The van der Waals surface area contributed by atoms with Crippen LogP contribution >= 0.6 is 0 Å². The van der Waals surface area contributed by atoms with Crippen LogP contribution in [-0.4, -0.2) is 12.3 Å². The van der Waals surface area contributed by atoms with Gasteiger partial charge in [-0.05, 0) is 12.1 Å². The first-order valence-electron chi connectivity index (χ1n) is 4.62. The van der Waals surface area contributed by atoms with Crippen molar-refractivity contribution in [1.29, 1.82) is 0 Å². The Morgan fingerprint density at radius 2 is 2.00 bits per heavy atom. The zero-order valence-electron chi connectivity index (χ0n) is 8.31. The van der Waals surface area contributed by atoms with E-state index in [1.54, 1.807) is 24.3 Å². The minimum atomic E-state index is -0.438. The fraction of sp³-hybridized carbons (Fsp3) is 0.167. The molecule has 0 aliphatic rings. The van der Waals surface area contributed by atoms with Crippen molar-refractivity contribution in [2.45, 2.75) is 12.8 Å². The second kappa shape index (κ2) is 5.75. The fourth-order valence-electron chi connectivity index (χ4n) is 1.04. The van der Waals surface area contributed by atoms with Crippen LogP contribution in [0.2, 0.25) is 0 Å². The molecule has 0 N–H and O–H groups in total. The molecule has 0 amide bonds. The van der Waals surface area contributed by atoms with Gasteiger partial charge in [0.15, 0.2) is 0 Å². The molecule has 0 atom stereocenters. The van der Waals surface area contributed by atoms with E-state index in [0.717, 1.165) is 6.29 Å². The topological polar surface area (TPSA) is 43.4 Å². The third-order valence-electron chi connectivity index (χ3n) is 1.79. The van der Waals surface area contributed by atoms with Crippen molar-refractivity contribution in [3.63, 3.8) is 0 Å². The zero-order chi connectivity index (χ0) is 11.1. The molecule has 1 rings (SSSR count). The first-order valence-corrected chi connectivity index (χ1v) is 4.62. The summed E-state index contributed by atoms with van der Waals surface area (Å²) in [5.74, 6) is -0.123. The molecule has 0 unspecified atom stereocenters. The molecule has 0 saturated heterocycles. The quantitative estimate of drug-likeness (QED) is 0.420. The Morgan fingerprint density at radius 1 is 1.33 bits per heavy atom. The average molecular weight is 204 g/mol. The minimum Gasteiger partial charge on any atom is -0.428 e. The molecular formula is C12H12O3. The van der Waals surface area contributed by atoms with E-state index in [1.165, 1.54) is 0 Å². The maximum absolute atomic E-state index is 11.4. The second-order valence-corrected chi connectivity index (χ2v) is 3.00. The lowest BCUT2D eigenvalue weighted by atomic mass is 10.2. The van der Waals surface area contributed by atoms with Crippen LogP contribution in [0.15, 0.2) is 42.7 Å². The highest BCUT2D eigenvalue weighted by molar-refractivity contribution is 5.89. The Kier molecular flexibility index (Phi) is 4.29. The lowest BCUT2D eigenvalue weighted by molar-refractivity contribution is -0.107. The maximum Gasteiger partial charge on any atom is 0.343 e. The maximum atomic E-state index is 11.4. The molecule has 1 aromatic carbocycles. The number of aldehydes is 1. The molecule has 3 nitrogen and oxygen atoms in total. The first-order chi connectivity index (χ1) is 7.24. The van der Waals surface area contributed by atoms with E-state index in [2.05, 4.69) is 6.58 Å². The van der Waals surface area contributed by atoms with E-state index in [-0.39, 0.29) is 0 Å². The number of ether oxygens (including phenoxy) is 1. The van der Waals surface area contributed by atoms with Crippen molar-refractivity contribution in [2.75, 3.05) is 0 Å². The van der Waals surface area contributed by atoms with Gasteiger partial charge in [-0.15, -0.1) is 0 Å². The summed E-state index contributed by atoms with van der Waals surface area (Å²) in [4.78, 5) is 21.5. The lowest BCUT2D eigenvalue weighted by Gasteiger charge is -2.05. The summed E-state index contributed by atoms with van der Waals surface area (Å²) in [5.41, 5.74) is 0.477. The van der Waals surface area contributed by atoms with Gasteiger partial charge in [0, 0.05) is 12.8 Å². The van der Waals surface area contributed by atoms with Crippen molar-refractivity contribution >= 4 is 12.3 Å². The highest BCUT2D eigenvalue weighted by Crippen LogP contribution is 2.08. The SMILES string of the molecule is C=C(CCC=O)OC(=O)c1ccccc1. The van der Waals surface area contributed by atoms with Crippen LogP contribution in [0, 0.1) is 0 Å². The van der Waals surface area contributed by atoms with Crippen LogP contribution in [0.4, 0.5) is 0 Å². The van der Waals surface area contributed by atoms with Gasteiger partial charge >= 0.3 is 5.97 Å². The van der Waals surface area contributed by atoms with Gasteiger partial charge in [0.2, 0.25) is 0 Å². The Labute approximate surface area is 88.4 Å². The van der Waals surface area contributed by atoms with E-state index in [4.69, 9.17) is 4.74 Å². The predicted molar refractivity (Wildman–Crippen MR) is 56.3 cm³/mol. The van der Waals surface area contributed by atoms with E-state index in [1.807, 2.05) is 6.07 Å². The molecule has 0 heterocycles. The number of carbonyl (C=O) groups is 2. The van der Waals surface area contributed by atoms with Gasteiger partial charge < -0.3 is 9.53 Å². The average Bonchev–Trinajstić information content (AvgIpc) is 2.27. The zero-order valence-corrected chi connectivity index (χ0v) is 8.31. The molecule has 0 aromatic heterocycles. The van der Waals surface area contributed by atoms with E-state index >= 15 is 0 Å². The molecule has 1 aromatic rings. The van der Waals surface area contributed by atoms with Crippen molar-refractivity contribution in [1.82, 2.24) is 0 Å². The number of benzene rings is 1. The van der Waals surface area contributed by atoms with E-state index < -0.39 is 5.97 Å². The predicted octanol–water partition coefficient (Wildman–Crippen LogP) is 2.34. The van der Waals surface area contributed by atoms with Gasteiger partial charge in [-0.1, -0.05) is 24.8 Å². The second-order valence-electron chi connectivity index (χ2n) is 3.00. The van der Waals surface area contributed by atoms with Crippen LogP contribution in [-0.2, 0) is 9.53 Å². The standard InChI is InChI=1S/C12H12O3/c1-10(6-5-9-13)15-12(14)11-7-3-2-4-8-11/h2-4,7-9H,1,5-6H2. The Bertz CT molecular complexity index is 354. The lowest BCUT2D eigenvalue weighted by Crippen LogP contribution is -2.04. The molecule has 0 radical (unpaired) electrons. The number of esters is 1. The van der Waals surface area contributed by atoms with Crippen molar-refractivity contribution in [2.24, 2.45) is 0 Å². The van der Waals surface area contributed by atoms with Gasteiger partial charge in [0.05, 0.1) is 5.56 Å². The van der Waals surface area contributed by atoms with Crippen molar-refractivity contribution in [3.05, 3.63) is 48.2 Å². The molecular weight excluding hydrogens is 192 g/mol. The first kappa shape index (κ1) is 11.2. The summed E-state index contributed by atoms with van der Waals surface area (Å²) in [6, 6.07) is 8.65. The molecule has 0 bridgehead atoms. The van der Waals surface area contributed by atoms with Gasteiger partial charge in [0.1, 0.15) is 12.0 Å². The number of hydrogen-bond donors (Lipinski definition) is 0. The van der Waals surface area contributed by atoms with Gasteiger partial charge in [0.25, 0.3) is 0 Å². The summed E-state index contributed by atoms with van der Waals surface area (Å²) >= 11 is 0. The van der Waals surface area contributed by atoms with Crippen LogP contribution < -0.4 is 0 Å². The number of hydrogen-bond acceptors (Lipinski definition) is 3. The smallest absolute Gasteiger partial charge is 0.343 e. The fourth-order valence-corrected chi connectivity index (χ4v) is 1.04. The van der Waals surface area contributed by atoms with Crippen molar-refractivity contribution < 1.29 is 14.3 Å². The summed E-state index contributed by atoms with van der Waals surface area (Å²) in [7, 11) is 0. The third kappa shape index (κ3) is 3.77. The van der Waals surface area contributed by atoms with Gasteiger partial charge in [-0.2, -0.15) is 0 Å². The summed E-state index contributed by atoms with van der Waals surface area (Å²) in [5, 5.41) is 0. The van der Waals surface area contributed by atoms with E-state index in [0.29, 0.717) is 24.2 Å². The Balaban J connectivity index is 2.49. The summed E-state index contributed by atoms with van der Waals surface area (Å²) in [6.07, 6.45) is 1.46. The molecule has 0 fully saturated rings. The Hall–Kier alpha value is -1.90. The molecule has 0 aliphatic carbocycles. The Morgan fingerprint density at radius 3 is 2.60 bits per heavy atom. The van der Waals surface area contributed by atoms with E-state index in [9.17, 15) is 9.59 Å². The minimum absolute atomic E-state index is 0.316. The molecule has 0 saturated carbocycles. The number of carbonyl (C=O) groups excluding carboxylic acids is 2. The number of rotatable bonds is 5. The van der Waals surface area contributed by atoms with Crippen LogP contribution in [0.5, 0.6) is 0 Å². The van der Waals surface area contributed by atoms with Crippen LogP contribution in [0.25, 0.3) is 0 Å². The summed E-state index contributed by atoms with van der Waals surface area (Å²) < 4.78 is 4.95. The molecule has 15 heavy (non-hydrogen) atoms. The third-order valence-corrected chi connectivity index (χ3v) is 1.79.